The van der Waals surface area contributed by atoms with Gasteiger partial charge in [0.2, 0.25) is 0 Å². The molecule has 1 aromatic heterocycles. The molecule has 0 radical (unpaired) electrons. The zero-order chi connectivity index (χ0) is 15.1. The maximum atomic E-state index is 12.1. The number of pyridine rings is 1. The van der Waals surface area contributed by atoms with E-state index >= 15 is 0 Å². The van der Waals surface area contributed by atoms with Crippen molar-refractivity contribution in [2.75, 3.05) is 13.6 Å². The zero-order valence-electron chi connectivity index (χ0n) is 11.5. The summed E-state index contributed by atoms with van der Waals surface area (Å²) < 4.78 is 0. The smallest absolute Gasteiger partial charge is 0.328 e. The molecule has 108 valence electrons. The van der Waals surface area contributed by atoms with E-state index in [2.05, 4.69) is 4.98 Å². The fourth-order valence-electron chi connectivity index (χ4n) is 1.54. The second kappa shape index (κ2) is 7.40. The zero-order valence-corrected chi connectivity index (χ0v) is 11.5. The Kier molecular flexibility index (Phi) is 5.86. The maximum Gasteiger partial charge on any atom is 0.328 e. The van der Waals surface area contributed by atoms with E-state index < -0.39 is 12.1 Å². The summed E-state index contributed by atoms with van der Waals surface area (Å²) in [6.45, 7) is 2.10. The monoisotopic (exact) mass is 278 g/mol. The van der Waals surface area contributed by atoms with Crippen LogP contribution in [0, 0.1) is 0 Å². The number of aromatic nitrogens is 1. The standard InChI is InChI=1S/C14H18N2O4/c1-10(17)5-6-16(2)14(20)12-7-11(8-15-9-12)3-4-13(18)19/h3-4,7-10,17H,5-6H2,1-2H3,(H,18,19)/b4-3+. The van der Waals surface area contributed by atoms with Crippen molar-refractivity contribution in [1.29, 1.82) is 0 Å². The number of aliphatic carboxylic acids is 1. The maximum absolute atomic E-state index is 12.1. The van der Waals surface area contributed by atoms with Crippen molar-refractivity contribution in [3.63, 3.8) is 0 Å². The summed E-state index contributed by atoms with van der Waals surface area (Å²) in [4.78, 5) is 28.0. The Labute approximate surface area is 117 Å². The van der Waals surface area contributed by atoms with Gasteiger partial charge in [-0.05, 0) is 31.1 Å². The van der Waals surface area contributed by atoms with Crippen molar-refractivity contribution in [3.05, 3.63) is 35.7 Å². The van der Waals surface area contributed by atoms with Crippen molar-refractivity contribution in [1.82, 2.24) is 9.88 Å². The quantitative estimate of drug-likeness (QED) is 0.758. The lowest BCUT2D eigenvalue weighted by Gasteiger charge is -2.18. The molecule has 20 heavy (non-hydrogen) atoms. The first-order chi connectivity index (χ1) is 9.40. The Morgan fingerprint density at radius 3 is 2.75 bits per heavy atom. The van der Waals surface area contributed by atoms with Crippen LogP contribution in [0.5, 0.6) is 0 Å². The number of amides is 1. The lowest BCUT2D eigenvalue weighted by molar-refractivity contribution is -0.131. The van der Waals surface area contributed by atoms with Crippen molar-refractivity contribution < 1.29 is 19.8 Å². The SMILES string of the molecule is CC(O)CCN(C)C(=O)c1cncc(/C=C/C(=O)O)c1. The molecule has 0 aromatic carbocycles. The van der Waals surface area contributed by atoms with Crippen molar-refractivity contribution in [2.24, 2.45) is 0 Å². The largest absolute Gasteiger partial charge is 0.478 e. The summed E-state index contributed by atoms with van der Waals surface area (Å²) in [5, 5.41) is 17.8. The molecule has 0 aliphatic carbocycles. The highest BCUT2D eigenvalue weighted by Gasteiger charge is 2.12. The normalized spacial score (nSPS) is 12.3. The van der Waals surface area contributed by atoms with Gasteiger partial charge in [-0.25, -0.2) is 4.79 Å². The van der Waals surface area contributed by atoms with E-state index in [1.165, 1.54) is 23.4 Å². The third-order valence-corrected chi connectivity index (χ3v) is 2.65. The first-order valence-corrected chi connectivity index (χ1v) is 6.19. The van der Waals surface area contributed by atoms with Crippen LogP contribution in [-0.4, -0.2) is 51.7 Å². The number of aliphatic hydroxyl groups excluding tert-OH is 1. The third kappa shape index (κ3) is 5.19. The minimum absolute atomic E-state index is 0.219. The van der Waals surface area contributed by atoms with Crippen LogP contribution in [0.15, 0.2) is 24.5 Å². The molecular weight excluding hydrogens is 260 g/mol. The van der Waals surface area contributed by atoms with Crippen LogP contribution in [-0.2, 0) is 4.79 Å². The summed E-state index contributed by atoms with van der Waals surface area (Å²) in [5.41, 5.74) is 0.924. The first-order valence-electron chi connectivity index (χ1n) is 6.19. The highest BCUT2D eigenvalue weighted by Crippen LogP contribution is 2.08. The molecule has 0 saturated carbocycles. The predicted octanol–water partition coefficient (Wildman–Crippen LogP) is 1.02. The molecule has 1 atom stereocenters. The van der Waals surface area contributed by atoms with E-state index in [1.54, 1.807) is 20.0 Å². The molecular formula is C14H18N2O4. The molecule has 2 N–H and O–H groups in total. The van der Waals surface area contributed by atoms with E-state index in [1.807, 2.05) is 0 Å². The molecule has 0 bridgehead atoms. The van der Waals surface area contributed by atoms with Crippen LogP contribution >= 0.6 is 0 Å². The van der Waals surface area contributed by atoms with Gasteiger partial charge in [0.15, 0.2) is 0 Å². The summed E-state index contributed by atoms with van der Waals surface area (Å²) >= 11 is 0. The van der Waals surface area contributed by atoms with Crippen LogP contribution < -0.4 is 0 Å². The molecule has 6 nitrogen and oxygen atoms in total. The van der Waals surface area contributed by atoms with Crippen molar-refractivity contribution >= 4 is 18.0 Å². The van der Waals surface area contributed by atoms with E-state index in [-0.39, 0.29) is 5.91 Å². The van der Waals surface area contributed by atoms with Gasteiger partial charge >= 0.3 is 5.97 Å². The molecule has 1 rings (SSSR count). The van der Waals surface area contributed by atoms with Gasteiger partial charge in [0.25, 0.3) is 5.91 Å². The number of hydrogen-bond donors (Lipinski definition) is 2. The number of hydrogen-bond acceptors (Lipinski definition) is 4. The summed E-state index contributed by atoms with van der Waals surface area (Å²) in [7, 11) is 1.64. The van der Waals surface area contributed by atoms with Gasteiger partial charge in [-0.1, -0.05) is 0 Å². The van der Waals surface area contributed by atoms with Crippen LogP contribution in [0.25, 0.3) is 6.08 Å². The van der Waals surface area contributed by atoms with E-state index in [4.69, 9.17) is 5.11 Å². The minimum Gasteiger partial charge on any atom is -0.478 e. The fraction of sp³-hybridized carbons (Fsp3) is 0.357. The third-order valence-electron chi connectivity index (χ3n) is 2.65. The lowest BCUT2D eigenvalue weighted by Crippen LogP contribution is -2.29. The number of carboxylic acids is 1. The number of aliphatic hydroxyl groups is 1. The lowest BCUT2D eigenvalue weighted by atomic mass is 10.1. The van der Waals surface area contributed by atoms with Gasteiger partial charge in [-0.3, -0.25) is 9.78 Å². The Morgan fingerprint density at radius 2 is 2.15 bits per heavy atom. The number of carbonyl (C=O) groups excluding carboxylic acids is 1. The van der Waals surface area contributed by atoms with Gasteiger partial charge in [-0.2, -0.15) is 0 Å². The van der Waals surface area contributed by atoms with Crippen LogP contribution in [0.4, 0.5) is 0 Å². The van der Waals surface area contributed by atoms with Gasteiger partial charge in [0.1, 0.15) is 0 Å². The summed E-state index contributed by atoms with van der Waals surface area (Å²) in [5.74, 6) is -1.28. The van der Waals surface area contributed by atoms with Crippen molar-refractivity contribution in [3.8, 4) is 0 Å². The highest BCUT2D eigenvalue weighted by molar-refractivity contribution is 5.94. The second-order valence-corrected chi connectivity index (χ2v) is 4.54. The predicted molar refractivity (Wildman–Crippen MR) is 74.2 cm³/mol. The first kappa shape index (κ1) is 15.8. The minimum atomic E-state index is -1.06. The number of carboxylic acid groups (broad SMARTS) is 1. The molecule has 6 heteroatoms. The molecule has 1 amide bonds. The molecule has 0 spiro atoms. The molecule has 0 saturated heterocycles. The van der Waals surface area contributed by atoms with Crippen LogP contribution in [0.1, 0.15) is 29.3 Å². The average molecular weight is 278 g/mol. The van der Waals surface area contributed by atoms with E-state index in [9.17, 15) is 14.7 Å². The van der Waals surface area contributed by atoms with Crippen LogP contribution in [0.2, 0.25) is 0 Å². The second-order valence-electron chi connectivity index (χ2n) is 4.54. The molecule has 1 heterocycles. The van der Waals surface area contributed by atoms with Gasteiger partial charge in [0.05, 0.1) is 11.7 Å². The topological polar surface area (TPSA) is 90.7 Å². The average Bonchev–Trinajstić information content (AvgIpc) is 2.42. The Bertz CT molecular complexity index is 512. The van der Waals surface area contributed by atoms with Gasteiger partial charge < -0.3 is 15.1 Å². The molecule has 0 aliphatic heterocycles. The molecule has 1 unspecified atom stereocenters. The Morgan fingerprint density at radius 1 is 1.45 bits per heavy atom. The van der Waals surface area contributed by atoms with Gasteiger partial charge in [-0.15, -0.1) is 0 Å². The Hall–Kier alpha value is -2.21. The van der Waals surface area contributed by atoms with Crippen LogP contribution in [0.3, 0.4) is 0 Å². The molecule has 0 fully saturated rings. The molecule has 1 aromatic rings. The van der Waals surface area contributed by atoms with E-state index in [0.29, 0.717) is 24.1 Å². The number of carbonyl (C=O) groups is 2. The van der Waals surface area contributed by atoms with E-state index in [0.717, 1.165) is 6.08 Å². The number of nitrogens with zero attached hydrogens (tertiary/aromatic N) is 2. The molecule has 0 aliphatic rings. The Balaban J connectivity index is 2.78. The summed E-state index contributed by atoms with van der Waals surface area (Å²) in [6.07, 6.45) is 5.30. The van der Waals surface area contributed by atoms with Gasteiger partial charge in [0, 0.05) is 32.1 Å². The fourth-order valence-corrected chi connectivity index (χ4v) is 1.54. The summed E-state index contributed by atoms with van der Waals surface area (Å²) in [6, 6.07) is 1.58. The number of rotatable bonds is 6. The van der Waals surface area contributed by atoms with Crippen molar-refractivity contribution in [2.45, 2.75) is 19.4 Å². The highest BCUT2D eigenvalue weighted by atomic mass is 16.4.